The van der Waals surface area contributed by atoms with Gasteiger partial charge < -0.3 is 9.80 Å². The first-order chi connectivity index (χ1) is 10.8. The van der Waals surface area contributed by atoms with E-state index in [-0.39, 0.29) is 0 Å². The second-order valence-corrected chi connectivity index (χ2v) is 6.04. The maximum absolute atomic E-state index is 4.38. The van der Waals surface area contributed by atoms with E-state index in [0.717, 1.165) is 17.7 Å². The number of rotatable bonds is 5. The van der Waals surface area contributed by atoms with Crippen molar-refractivity contribution in [2.24, 2.45) is 0 Å². The summed E-state index contributed by atoms with van der Waals surface area (Å²) in [6, 6.07) is 8.68. The molecule has 2 aromatic rings. The SMILES string of the molecule is CN1CCN(CCCc2cccc(-c3cnccn3)c2)CC1. The molecule has 1 aromatic heterocycles. The highest BCUT2D eigenvalue weighted by Crippen LogP contribution is 2.18. The fourth-order valence-electron chi connectivity index (χ4n) is 2.91. The Kier molecular flexibility index (Phi) is 5.14. The summed E-state index contributed by atoms with van der Waals surface area (Å²) < 4.78 is 0. The normalized spacial score (nSPS) is 16.8. The van der Waals surface area contributed by atoms with Crippen LogP contribution in [0.3, 0.4) is 0 Å². The molecule has 1 aromatic carbocycles. The van der Waals surface area contributed by atoms with Gasteiger partial charge in [0, 0.05) is 44.1 Å². The maximum Gasteiger partial charge on any atom is 0.0885 e. The van der Waals surface area contributed by atoms with Crippen molar-refractivity contribution in [3.8, 4) is 11.3 Å². The number of aryl methyl sites for hydroxylation is 1. The Morgan fingerprint density at radius 3 is 2.73 bits per heavy atom. The Morgan fingerprint density at radius 1 is 1.09 bits per heavy atom. The molecule has 0 bridgehead atoms. The van der Waals surface area contributed by atoms with Crippen molar-refractivity contribution in [3.05, 3.63) is 48.4 Å². The summed E-state index contributed by atoms with van der Waals surface area (Å²) in [6.07, 6.45) is 7.62. The van der Waals surface area contributed by atoms with Crippen molar-refractivity contribution in [1.29, 1.82) is 0 Å². The molecule has 22 heavy (non-hydrogen) atoms. The van der Waals surface area contributed by atoms with Gasteiger partial charge in [-0.05, 0) is 38.1 Å². The van der Waals surface area contributed by atoms with Gasteiger partial charge in [0.25, 0.3) is 0 Å². The lowest BCUT2D eigenvalue weighted by molar-refractivity contribution is 0.153. The molecule has 3 rings (SSSR count). The van der Waals surface area contributed by atoms with Crippen molar-refractivity contribution in [2.45, 2.75) is 12.8 Å². The highest BCUT2D eigenvalue weighted by atomic mass is 15.2. The highest BCUT2D eigenvalue weighted by Gasteiger charge is 2.12. The van der Waals surface area contributed by atoms with Gasteiger partial charge in [-0.2, -0.15) is 0 Å². The van der Waals surface area contributed by atoms with E-state index in [4.69, 9.17) is 0 Å². The smallest absolute Gasteiger partial charge is 0.0885 e. The summed E-state index contributed by atoms with van der Waals surface area (Å²) in [6.45, 7) is 6.00. The van der Waals surface area contributed by atoms with Crippen LogP contribution in [0.2, 0.25) is 0 Å². The number of hydrogen-bond donors (Lipinski definition) is 0. The van der Waals surface area contributed by atoms with E-state index in [1.807, 2.05) is 6.20 Å². The Bertz CT molecular complexity index is 577. The van der Waals surface area contributed by atoms with E-state index in [0.29, 0.717) is 0 Å². The zero-order chi connectivity index (χ0) is 15.2. The lowest BCUT2D eigenvalue weighted by atomic mass is 10.0. The Hall–Kier alpha value is -1.78. The van der Waals surface area contributed by atoms with E-state index < -0.39 is 0 Å². The zero-order valence-electron chi connectivity index (χ0n) is 13.3. The zero-order valence-corrected chi connectivity index (χ0v) is 13.3. The van der Waals surface area contributed by atoms with Crippen LogP contribution >= 0.6 is 0 Å². The number of benzene rings is 1. The van der Waals surface area contributed by atoms with Crippen LogP contribution in [-0.4, -0.2) is 59.5 Å². The lowest BCUT2D eigenvalue weighted by Gasteiger charge is -2.32. The first-order valence-electron chi connectivity index (χ1n) is 8.07. The summed E-state index contributed by atoms with van der Waals surface area (Å²) in [4.78, 5) is 13.5. The van der Waals surface area contributed by atoms with Gasteiger partial charge in [-0.25, -0.2) is 0 Å². The molecule has 4 nitrogen and oxygen atoms in total. The van der Waals surface area contributed by atoms with Gasteiger partial charge in [0.1, 0.15) is 0 Å². The second-order valence-electron chi connectivity index (χ2n) is 6.04. The topological polar surface area (TPSA) is 32.3 Å². The van der Waals surface area contributed by atoms with E-state index in [1.165, 1.54) is 44.7 Å². The Morgan fingerprint density at radius 2 is 1.95 bits per heavy atom. The molecule has 0 amide bonds. The Labute approximate surface area is 132 Å². The first-order valence-corrected chi connectivity index (χ1v) is 8.07. The van der Waals surface area contributed by atoms with E-state index >= 15 is 0 Å². The van der Waals surface area contributed by atoms with Crippen LogP contribution in [0.25, 0.3) is 11.3 Å². The standard InChI is InChI=1S/C18H24N4/c1-21-10-12-22(13-11-21)9-3-5-16-4-2-6-17(14-16)18-15-19-7-8-20-18/h2,4,6-8,14-15H,3,5,9-13H2,1H3. The van der Waals surface area contributed by atoms with Gasteiger partial charge in [0.15, 0.2) is 0 Å². The van der Waals surface area contributed by atoms with Gasteiger partial charge in [-0.15, -0.1) is 0 Å². The largest absolute Gasteiger partial charge is 0.304 e. The predicted molar refractivity (Wildman–Crippen MR) is 89.7 cm³/mol. The van der Waals surface area contributed by atoms with E-state index in [2.05, 4.69) is 51.1 Å². The van der Waals surface area contributed by atoms with Crippen molar-refractivity contribution in [3.63, 3.8) is 0 Å². The summed E-state index contributed by atoms with van der Waals surface area (Å²) in [5.41, 5.74) is 3.49. The summed E-state index contributed by atoms with van der Waals surface area (Å²) in [5.74, 6) is 0. The lowest BCUT2D eigenvalue weighted by Crippen LogP contribution is -2.44. The van der Waals surface area contributed by atoms with Crippen LogP contribution in [-0.2, 0) is 6.42 Å². The van der Waals surface area contributed by atoms with Crippen molar-refractivity contribution in [1.82, 2.24) is 19.8 Å². The minimum Gasteiger partial charge on any atom is -0.304 e. The number of piperazine rings is 1. The van der Waals surface area contributed by atoms with Crippen LogP contribution in [0.1, 0.15) is 12.0 Å². The van der Waals surface area contributed by atoms with Crippen molar-refractivity contribution >= 4 is 0 Å². The average molecular weight is 296 g/mol. The molecule has 116 valence electrons. The fraction of sp³-hybridized carbons (Fsp3) is 0.444. The number of hydrogen-bond acceptors (Lipinski definition) is 4. The molecule has 1 saturated heterocycles. The van der Waals surface area contributed by atoms with Gasteiger partial charge in [-0.3, -0.25) is 9.97 Å². The fourth-order valence-corrected chi connectivity index (χ4v) is 2.91. The molecule has 0 aliphatic carbocycles. The molecule has 4 heteroatoms. The van der Waals surface area contributed by atoms with Crippen LogP contribution in [0.5, 0.6) is 0 Å². The van der Waals surface area contributed by atoms with Crippen LogP contribution in [0, 0.1) is 0 Å². The first kappa shape index (κ1) is 15.1. The molecule has 0 spiro atoms. The molecule has 0 radical (unpaired) electrons. The molecule has 0 atom stereocenters. The van der Waals surface area contributed by atoms with Gasteiger partial charge in [0.2, 0.25) is 0 Å². The van der Waals surface area contributed by atoms with E-state index in [1.54, 1.807) is 12.4 Å². The van der Waals surface area contributed by atoms with Gasteiger partial charge in [-0.1, -0.05) is 18.2 Å². The summed E-state index contributed by atoms with van der Waals surface area (Å²) in [5, 5.41) is 0. The Balaban J connectivity index is 1.53. The monoisotopic (exact) mass is 296 g/mol. The van der Waals surface area contributed by atoms with Crippen LogP contribution in [0.15, 0.2) is 42.9 Å². The molecular weight excluding hydrogens is 272 g/mol. The van der Waals surface area contributed by atoms with E-state index in [9.17, 15) is 0 Å². The van der Waals surface area contributed by atoms with Crippen molar-refractivity contribution < 1.29 is 0 Å². The molecular formula is C18H24N4. The number of aromatic nitrogens is 2. The number of likely N-dealkylation sites (N-methyl/N-ethyl adjacent to an activating group) is 1. The quantitative estimate of drug-likeness (QED) is 0.847. The maximum atomic E-state index is 4.38. The molecule has 1 aliphatic heterocycles. The minimum atomic E-state index is 0.948. The third-order valence-corrected chi connectivity index (χ3v) is 4.32. The number of nitrogens with zero attached hydrogens (tertiary/aromatic N) is 4. The summed E-state index contributed by atoms with van der Waals surface area (Å²) in [7, 11) is 2.20. The van der Waals surface area contributed by atoms with Crippen molar-refractivity contribution in [2.75, 3.05) is 39.8 Å². The third kappa shape index (κ3) is 4.12. The molecule has 2 heterocycles. The van der Waals surface area contributed by atoms with Crippen LogP contribution in [0.4, 0.5) is 0 Å². The minimum absolute atomic E-state index is 0.948. The molecule has 0 unspecified atom stereocenters. The third-order valence-electron chi connectivity index (χ3n) is 4.32. The van der Waals surface area contributed by atoms with Crippen LogP contribution < -0.4 is 0 Å². The summed E-state index contributed by atoms with van der Waals surface area (Å²) >= 11 is 0. The second kappa shape index (κ2) is 7.47. The predicted octanol–water partition coefficient (Wildman–Crippen LogP) is 2.32. The molecule has 0 saturated carbocycles. The van der Waals surface area contributed by atoms with Gasteiger partial charge >= 0.3 is 0 Å². The molecule has 1 aliphatic rings. The molecule has 1 fully saturated rings. The highest BCUT2D eigenvalue weighted by molar-refractivity contribution is 5.58. The average Bonchev–Trinajstić information content (AvgIpc) is 2.58. The van der Waals surface area contributed by atoms with Gasteiger partial charge in [0.05, 0.1) is 11.9 Å². The molecule has 0 N–H and O–H groups in total.